The molecular formula is C34H55F2LiN4O7. The Labute approximate surface area is 295 Å². The first-order valence-electron chi connectivity index (χ1n) is 15.8. The maximum Gasteiger partial charge on any atom is 1.00 e. The minimum Gasteiger partial charge on any atom is -0.870 e. The number of likely N-dealkylation sites (N-methyl/N-ethyl adjacent to an activating group) is 2. The second kappa shape index (κ2) is 22.0. The topological polar surface area (TPSA) is 144 Å². The van der Waals surface area contributed by atoms with Crippen LogP contribution in [0.4, 0.5) is 8.78 Å². The van der Waals surface area contributed by atoms with E-state index in [1.165, 1.54) is 10.8 Å². The Morgan fingerprint density at radius 1 is 0.792 bits per heavy atom. The molecule has 0 aliphatic heterocycles. The van der Waals surface area contributed by atoms with Crippen LogP contribution < -0.4 is 30.0 Å². The van der Waals surface area contributed by atoms with E-state index in [4.69, 9.17) is 4.74 Å². The van der Waals surface area contributed by atoms with Crippen molar-refractivity contribution in [3.8, 4) is 0 Å². The van der Waals surface area contributed by atoms with Gasteiger partial charge in [-0.05, 0) is 109 Å². The molecule has 0 amide bonds. The van der Waals surface area contributed by atoms with Gasteiger partial charge >= 0.3 is 30.8 Å². The van der Waals surface area contributed by atoms with Gasteiger partial charge in [-0.2, -0.15) is 0 Å². The monoisotopic (exact) mass is 676 g/mol. The van der Waals surface area contributed by atoms with Gasteiger partial charge in [0.2, 0.25) is 0 Å². The summed E-state index contributed by atoms with van der Waals surface area (Å²) in [7, 11) is 7.67. The Hall–Kier alpha value is -2.82. The van der Waals surface area contributed by atoms with Gasteiger partial charge in [0.1, 0.15) is 12.1 Å². The molecular weight excluding hydrogens is 621 g/mol. The number of hydrogen-bond donors (Lipinski definition) is 1. The van der Waals surface area contributed by atoms with E-state index in [0.29, 0.717) is 42.5 Å². The molecule has 2 aromatic rings. The number of halogens is 2. The summed E-state index contributed by atoms with van der Waals surface area (Å²) in [4.78, 5) is 52.2. The van der Waals surface area contributed by atoms with Crippen molar-refractivity contribution >= 4 is 11.9 Å². The van der Waals surface area contributed by atoms with Crippen LogP contribution in [-0.4, -0.2) is 89.3 Å². The minimum absolute atomic E-state index is 0. The number of hydrogen-bond acceptors (Lipinski definition) is 8. The van der Waals surface area contributed by atoms with E-state index in [-0.39, 0.29) is 49.2 Å². The van der Waals surface area contributed by atoms with Crippen molar-refractivity contribution in [3.63, 3.8) is 0 Å². The molecule has 0 saturated heterocycles. The van der Waals surface area contributed by atoms with E-state index in [1.807, 2.05) is 65.7 Å². The maximum absolute atomic E-state index is 14.4. The number of ether oxygens (including phenoxy) is 1. The van der Waals surface area contributed by atoms with Gasteiger partial charge in [0.15, 0.2) is 11.6 Å². The van der Waals surface area contributed by atoms with Crippen LogP contribution in [0, 0.1) is 37.3 Å². The van der Waals surface area contributed by atoms with E-state index in [2.05, 4.69) is 0 Å². The van der Waals surface area contributed by atoms with Crippen molar-refractivity contribution in [1.82, 2.24) is 18.9 Å². The molecule has 0 aromatic carbocycles. The third-order valence-electron chi connectivity index (χ3n) is 7.62. The average molecular weight is 677 g/mol. The van der Waals surface area contributed by atoms with E-state index >= 15 is 0 Å². The van der Waals surface area contributed by atoms with Gasteiger partial charge in [-0.3, -0.25) is 18.7 Å². The van der Waals surface area contributed by atoms with Crippen molar-refractivity contribution in [2.75, 3.05) is 47.9 Å². The SMILES string of the molecule is CCOC(=O)C(CC(C)C)n1cc(CCN(C)C)c(C)c(F)c1=O.Cc1c(CCN(C)C)cn(C(CC(C)C)C(=O)O)c(=O)c1F.[Li+].[OH-]. The fraction of sp³-hybridized carbons (Fsp3) is 0.647. The Morgan fingerprint density at radius 3 is 1.46 bits per heavy atom. The molecule has 268 valence electrons. The molecule has 48 heavy (non-hydrogen) atoms. The Balaban J connectivity index is 0. The number of esters is 1. The van der Waals surface area contributed by atoms with Crippen molar-refractivity contribution in [3.05, 3.63) is 67.0 Å². The number of aromatic nitrogens is 2. The smallest absolute Gasteiger partial charge is 0.870 e. The number of rotatable bonds is 15. The van der Waals surface area contributed by atoms with Crippen LogP contribution in [0.2, 0.25) is 0 Å². The number of nitrogens with zero attached hydrogens (tertiary/aromatic N) is 4. The molecule has 0 aliphatic rings. The second-order valence-electron chi connectivity index (χ2n) is 13.1. The number of carboxylic acid groups (broad SMARTS) is 1. The molecule has 11 nitrogen and oxygen atoms in total. The van der Waals surface area contributed by atoms with Crippen molar-refractivity contribution < 1.29 is 52.6 Å². The summed E-state index contributed by atoms with van der Waals surface area (Å²) in [5.41, 5.74) is 0.431. The summed E-state index contributed by atoms with van der Waals surface area (Å²) in [6.45, 7) is 14.2. The normalized spacial score (nSPS) is 12.3. The number of carbonyl (C=O) groups is 2. The van der Waals surface area contributed by atoms with Gasteiger partial charge in [0, 0.05) is 25.5 Å². The third-order valence-corrected chi connectivity index (χ3v) is 7.62. The van der Waals surface area contributed by atoms with Crippen molar-refractivity contribution in [2.45, 2.75) is 86.2 Å². The molecule has 0 spiro atoms. The van der Waals surface area contributed by atoms with E-state index in [9.17, 15) is 33.1 Å². The molecule has 0 aliphatic carbocycles. The first-order valence-corrected chi connectivity index (χ1v) is 15.8. The van der Waals surface area contributed by atoms with Crippen molar-refractivity contribution in [1.29, 1.82) is 0 Å². The maximum atomic E-state index is 14.4. The minimum atomic E-state index is -1.11. The van der Waals surface area contributed by atoms with E-state index in [0.717, 1.165) is 16.7 Å². The molecule has 2 N–H and O–H groups in total. The Kier molecular flexibility index (Phi) is 21.7. The molecule has 0 saturated carbocycles. The second-order valence-corrected chi connectivity index (χ2v) is 13.1. The zero-order chi connectivity index (χ0) is 35.5. The Morgan fingerprint density at radius 2 is 1.15 bits per heavy atom. The Bertz CT molecular complexity index is 1440. The summed E-state index contributed by atoms with van der Waals surface area (Å²) in [5, 5.41) is 9.38. The van der Waals surface area contributed by atoms with Crippen LogP contribution in [0.25, 0.3) is 0 Å². The summed E-state index contributed by atoms with van der Waals surface area (Å²) in [6, 6.07) is -1.84. The quantitative estimate of drug-likeness (QED) is 0.219. The molecule has 2 heterocycles. The van der Waals surface area contributed by atoms with Gasteiger partial charge < -0.3 is 25.1 Å². The summed E-state index contributed by atoms with van der Waals surface area (Å²) < 4.78 is 36.0. The van der Waals surface area contributed by atoms with Gasteiger partial charge in [0.05, 0.1) is 6.61 Å². The first kappa shape index (κ1) is 47.3. The number of aliphatic carboxylic acids is 1. The van der Waals surface area contributed by atoms with Gasteiger partial charge in [-0.25, -0.2) is 18.4 Å². The summed E-state index contributed by atoms with van der Waals surface area (Å²) in [6.07, 6.45) is 5.00. The van der Waals surface area contributed by atoms with Crippen LogP contribution >= 0.6 is 0 Å². The zero-order valence-electron chi connectivity index (χ0n) is 30.9. The third kappa shape index (κ3) is 14.0. The predicted molar refractivity (Wildman–Crippen MR) is 178 cm³/mol. The van der Waals surface area contributed by atoms with Crippen molar-refractivity contribution in [2.24, 2.45) is 11.8 Å². The number of carboxylic acids is 1. The van der Waals surface area contributed by atoms with E-state index < -0.39 is 46.8 Å². The molecule has 2 aromatic heterocycles. The van der Waals surface area contributed by atoms with Gasteiger partial charge in [-0.15, -0.1) is 0 Å². The van der Waals surface area contributed by atoms with E-state index in [1.54, 1.807) is 27.0 Å². The molecule has 2 rings (SSSR count). The molecule has 2 atom stereocenters. The van der Waals surface area contributed by atoms with Gasteiger partial charge in [0.25, 0.3) is 11.1 Å². The predicted octanol–water partition coefficient (Wildman–Crippen LogP) is 1.45. The number of carbonyl (C=O) groups excluding carboxylic acids is 1. The van der Waals surface area contributed by atoms with Crippen LogP contribution in [0.1, 0.15) is 81.8 Å². The molecule has 2 unspecified atom stereocenters. The molecule has 0 fully saturated rings. The van der Waals surface area contributed by atoms with Crippen LogP contribution in [0.3, 0.4) is 0 Å². The summed E-state index contributed by atoms with van der Waals surface area (Å²) in [5.74, 6) is -2.99. The average Bonchev–Trinajstić information content (AvgIpc) is 2.96. The first-order chi connectivity index (χ1) is 21.3. The van der Waals surface area contributed by atoms with Gasteiger partial charge in [-0.1, -0.05) is 27.7 Å². The fourth-order valence-electron chi connectivity index (χ4n) is 4.92. The zero-order valence-corrected chi connectivity index (χ0v) is 30.9. The standard InChI is InChI=1S/C18H29FN2O3.C16H25FN2O3.Li.H2O/c1-7-24-18(23)15(10-12(2)3)21-11-14(8-9-20(5)6)13(4)16(19)17(21)22;1-10(2)8-13(16(21)22)19-9-12(6-7-18(4)5)11(3)14(17)15(19)20;;/h11-12,15H,7-10H2,1-6H3;9-10,13H,6-8H2,1-5H3,(H,21,22);;1H2/q;;+1;/p-1. The van der Waals surface area contributed by atoms with Crippen LogP contribution in [0.15, 0.2) is 22.0 Å². The fourth-order valence-corrected chi connectivity index (χ4v) is 4.92. The largest absolute Gasteiger partial charge is 1.00 e. The molecule has 0 bridgehead atoms. The summed E-state index contributed by atoms with van der Waals surface area (Å²) >= 11 is 0. The number of pyridine rings is 2. The molecule has 0 radical (unpaired) electrons. The van der Waals surface area contributed by atoms with Crippen LogP contribution in [0.5, 0.6) is 0 Å². The molecule has 14 heteroatoms. The van der Waals surface area contributed by atoms with Crippen LogP contribution in [-0.2, 0) is 27.2 Å².